The summed E-state index contributed by atoms with van der Waals surface area (Å²) in [4.78, 5) is 10.8. The first-order chi connectivity index (χ1) is 9.72. The second-order valence-electron chi connectivity index (χ2n) is 5.99. The number of sulfonamides is 1. The molecule has 0 aromatic rings. The van der Waals surface area contributed by atoms with Gasteiger partial charge in [0.05, 0.1) is 11.7 Å². The highest BCUT2D eigenvalue weighted by Crippen LogP contribution is 2.39. The first-order valence-electron chi connectivity index (χ1n) is 7.31. The monoisotopic (exact) mass is 325 g/mol. The Morgan fingerprint density at radius 2 is 1.81 bits per heavy atom. The largest absolute Gasteiger partial charge is 0.481 e. The zero-order chi connectivity index (χ0) is 15.7. The molecule has 0 aromatic carbocycles. The molecule has 1 atom stereocenters. The number of nitrogens with zero attached hydrogens (tertiary/aromatic N) is 1. The number of alkyl halides is 2. The van der Waals surface area contributed by atoms with Crippen LogP contribution in [0.15, 0.2) is 0 Å². The zero-order valence-corrected chi connectivity index (χ0v) is 12.6. The Balaban J connectivity index is 1.98. The minimum atomic E-state index is -3.74. The van der Waals surface area contributed by atoms with Crippen LogP contribution in [-0.4, -0.2) is 48.6 Å². The molecule has 1 saturated carbocycles. The maximum Gasteiger partial charge on any atom is 0.306 e. The summed E-state index contributed by atoms with van der Waals surface area (Å²) in [5.41, 5.74) is 0. The Bertz CT molecular complexity index is 486. The second-order valence-corrected chi connectivity index (χ2v) is 8.01. The van der Waals surface area contributed by atoms with E-state index >= 15 is 0 Å². The van der Waals surface area contributed by atoms with Crippen molar-refractivity contribution in [3.63, 3.8) is 0 Å². The van der Waals surface area contributed by atoms with E-state index in [-0.39, 0.29) is 38.8 Å². The van der Waals surface area contributed by atoms with Crippen LogP contribution >= 0.6 is 0 Å². The van der Waals surface area contributed by atoms with E-state index in [0.717, 1.165) is 0 Å². The quantitative estimate of drug-likeness (QED) is 0.857. The molecule has 2 fully saturated rings. The van der Waals surface area contributed by atoms with Crippen LogP contribution in [0.2, 0.25) is 0 Å². The lowest BCUT2D eigenvalue weighted by molar-refractivity contribution is -0.142. The van der Waals surface area contributed by atoms with Crippen molar-refractivity contribution in [2.24, 2.45) is 11.8 Å². The minimum absolute atomic E-state index is 0.109. The number of carboxylic acids is 1. The Labute approximate surface area is 123 Å². The van der Waals surface area contributed by atoms with E-state index < -0.39 is 39.5 Å². The van der Waals surface area contributed by atoms with Gasteiger partial charge in [-0.3, -0.25) is 4.79 Å². The molecule has 1 unspecified atom stereocenters. The number of halogens is 2. The Kier molecular flexibility index (Phi) is 4.87. The molecule has 1 saturated heterocycles. The molecule has 1 heterocycles. The van der Waals surface area contributed by atoms with E-state index in [9.17, 15) is 22.0 Å². The molecule has 1 N–H and O–H groups in total. The van der Waals surface area contributed by atoms with Gasteiger partial charge in [0, 0.05) is 25.4 Å². The number of hydrogen-bond donors (Lipinski definition) is 1. The van der Waals surface area contributed by atoms with Crippen LogP contribution in [0.5, 0.6) is 0 Å². The van der Waals surface area contributed by atoms with Gasteiger partial charge in [-0.05, 0) is 25.7 Å². The van der Waals surface area contributed by atoms with Crippen LogP contribution in [0.25, 0.3) is 0 Å². The Hall–Kier alpha value is -0.760. The highest BCUT2D eigenvalue weighted by molar-refractivity contribution is 7.89. The van der Waals surface area contributed by atoms with Crippen molar-refractivity contribution >= 4 is 16.0 Å². The van der Waals surface area contributed by atoms with Crippen molar-refractivity contribution in [1.29, 1.82) is 0 Å². The normalized spacial score (nSPS) is 28.4. The third kappa shape index (κ3) is 3.91. The molecule has 122 valence electrons. The lowest BCUT2D eigenvalue weighted by Crippen LogP contribution is -2.45. The van der Waals surface area contributed by atoms with Crippen LogP contribution in [0, 0.1) is 11.8 Å². The van der Waals surface area contributed by atoms with Gasteiger partial charge in [0.25, 0.3) is 5.92 Å². The smallest absolute Gasteiger partial charge is 0.306 e. The van der Waals surface area contributed by atoms with Gasteiger partial charge in [-0.1, -0.05) is 6.42 Å². The lowest BCUT2D eigenvalue weighted by atomic mass is 9.87. The summed E-state index contributed by atoms with van der Waals surface area (Å²) in [5, 5.41) is 8.89. The van der Waals surface area contributed by atoms with Crippen LogP contribution in [0.4, 0.5) is 8.78 Å². The first-order valence-corrected chi connectivity index (χ1v) is 8.92. The molecule has 0 bridgehead atoms. The van der Waals surface area contributed by atoms with Crippen LogP contribution in [0.1, 0.15) is 38.5 Å². The van der Waals surface area contributed by atoms with E-state index in [1.807, 2.05) is 0 Å². The van der Waals surface area contributed by atoms with Crippen LogP contribution in [-0.2, 0) is 14.8 Å². The summed E-state index contributed by atoms with van der Waals surface area (Å²) >= 11 is 0. The highest BCUT2D eigenvalue weighted by atomic mass is 32.2. The highest BCUT2D eigenvalue weighted by Gasteiger charge is 2.44. The third-order valence-electron chi connectivity index (χ3n) is 4.52. The van der Waals surface area contributed by atoms with Gasteiger partial charge in [-0.15, -0.1) is 0 Å². The molecule has 5 nitrogen and oxygen atoms in total. The fraction of sp³-hybridized carbons (Fsp3) is 0.923. The van der Waals surface area contributed by atoms with Crippen LogP contribution in [0.3, 0.4) is 0 Å². The molecule has 2 rings (SSSR count). The second kappa shape index (κ2) is 6.16. The fourth-order valence-corrected chi connectivity index (χ4v) is 5.01. The summed E-state index contributed by atoms with van der Waals surface area (Å²) in [6.07, 6.45) is 1.56. The van der Waals surface area contributed by atoms with E-state index in [2.05, 4.69) is 0 Å². The number of hydrogen-bond acceptors (Lipinski definition) is 3. The molecule has 21 heavy (non-hydrogen) atoms. The molecule has 0 aromatic heterocycles. The zero-order valence-electron chi connectivity index (χ0n) is 11.8. The maximum absolute atomic E-state index is 13.8. The fourth-order valence-electron chi connectivity index (χ4n) is 3.11. The van der Waals surface area contributed by atoms with Gasteiger partial charge < -0.3 is 5.11 Å². The third-order valence-corrected chi connectivity index (χ3v) is 6.49. The predicted octanol–water partition coefficient (Wildman–Crippen LogP) is 1.94. The number of carboxylic acid groups (broad SMARTS) is 1. The standard InChI is InChI=1S/C13H21F2NO4S/c14-13(15)6-2-1-3-11(13)9-21(19,20)16-7-4-10(5-8-16)12(17)18/h10-11H,1-9H2,(H,17,18). The van der Waals surface area contributed by atoms with E-state index in [1.165, 1.54) is 4.31 Å². The molecular formula is C13H21F2NO4S. The van der Waals surface area contributed by atoms with Crippen molar-refractivity contribution in [2.75, 3.05) is 18.8 Å². The molecule has 2 aliphatic rings. The number of rotatable bonds is 4. The van der Waals surface area contributed by atoms with Gasteiger partial charge in [0.15, 0.2) is 0 Å². The van der Waals surface area contributed by atoms with Crippen LogP contribution < -0.4 is 0 Å². The topological polar surface area (TPSA) is 74.7 Å². The van der Waals surface area contributed by atoms with E-state index in [0.29, 0.717) is 12.8 Å². The lowest BCUT2D eigenvalue weighted by Gasteiger charge is -2.34. The molecule has 8 heteroatoms. The van der Waals surface area contributed by atoms with Gasteiger partial charge in [0.2, 0.25) is 10.0 Å². The average molecular weight is 325 g/mol. The van der Waals surface area contributed by atoms with Crippen molar-refractivity contribution in [1.82, 2.24) is 4.31 Å². The van der Waals surface area contributed by atoms with Gasteiger partial charge in [0.1, 0.15) is 0 Å². The van der Waals surface area contributed by atoms with Crippen molar-refractivity contribution in [2.45, 2.75) is 44.4 Å². The first kappa shape index (κ1) is 16.6. The SMILES string of the molecule is O=C(O)C1CCN(S(=O)(=O)CC2CCCCC2(F)F)CC1. The van der Waals surface area contributed by atoms with E-state index in [1.54, 1.807) is 0 Å². The van der Waals surface area contributed by atoms with Crippen molar-refractivity contribution in [3.8, 4) is 0 Å². The molecule has 0 amide bonds. The molecule has 0 spiro atoms. The number of piperidine rings is 1. The summed E-state index contributed by atoms with van der Waals surface area (Å²) in [6, 6.07) is 0. The summed E-state index contributed by atoms with van der Waals surface area (Å²) in [7, 11) is -3.74. The van der Waals surface area contributed by atoms with E-state index in [4.69, 9.17) is 5.11 Å². The number of aliphatic carboxylic acids is 1. The Morgan fingerprint density at radius 3 is 2.33 bits per heavy atom. The van der Waals surface area contributed by atoms with Gasteiger partial charge >= 0.3 is 5.97 Å². The molecule has 1 aliphatic heterocycles. The summed E-state index contributed by atoms with van der Waals surface area (Å²) in [5.74, 6) is -6.02. The molecule has 1 aliphatic carbocycles. The van der Waals surface area contributed by atoms with Gasteiger partial charge in [-0.25, -0.2) is 21.5 Å². The van der Waals surface area contributed by atoms with Crippen molar-refractivity contribution in [3.05, 3.63) is 0 Å². The maximum atomic E-state index is 13.8. The predicted molar refractivity (Wildman–Crippen MR) is 72.6 cm³/mol. The van der Waals surface area contributed by atoms with Gasteiger partial charge in [-0.2, -0.15) is 0 Å². The Morgan fingerprint density at radius 1 is 1.19 bits per heavy atom. The molecule has 0 radical (unpaired) electrons. The summed E-state index contributed by atoms with van der Waals surface area (Å²) in [6.45, 7) is 0.217. The minimum Gasteiger partial charge on any atom is -0.481 e. The van der Waals surface area contributed by atoms with Crippen molar-refractivity contribution < 1.29 is 27.1 Å². The number of carbonyl (C=O) groups is 1. The average Bonchev–Trinajstić information content (AvgIpc) is 2.41. The molecular weight excluding hydrogens is 304 g/mol. The summed E-state index contributed by atoms with van der Waals surface area (Å²) < 4.78 is 53.3.